The maximum absolute atomic E-state index is 11.9. The van der Waals surface area contributed by atoms with Gasteiger partial charge in [-0.25, -0.2) is 4.79 Å². The van der Waals surface area contributed by atoms with Crippen LogP contribution in [-0.2, 0) is 11.8 Å². The number of aliphatic hydroxyl groups is 1. The Morgan fingerprint density at radius 2 is 1.95 bits per heavy atom. The molecule has 1 heterocycles. The summed E-state index contributed by atoms with van der Waals surface area (Å²) >= 11 is 0. The largest absolute Gasteiger partial charge is 0.480 e. The van der Waals surface area contributed by atoms with Gasteiger partial charge in [0.25, 0.3) is 5.91 Å². The Morgan fingerprint density at radius 3 is 2.32 bits per heavy atom. The van der Waals surface area contributed by atoms with Crippen LogP contribution in [0.1, 0.15) is 34.7 Å². The van der Waals surface area contributed by atoms with E-state index in [-0.39, 0.29) is 11.5 Å². The van der Waals surface area contributed by atoms with Gasteiger partial charge in [-0.1, -0.05) is 0 Å². The number of Topliss-reactive ketones (excluding diaryl/α,β-unsaturated/α-hetero) is 1. The molecule has 0 radical (unpaired) electrons. The van der Waals surface area contributed by atoms with E-state index in [1.807, 2.05) is 0 Å². The minimum atomic E-state index is -1.40. The summed E-state index contributed by atoms with van der Waals surface area (Å²) in [5.41, 5.74) is 0.508. The average molecular weight is 268 g/mol. The molecule has 0 aliphatic rings. The lowest BCUT2D eigenvalue weighted by molar-refractivity contribution is -0.141. The first kappa shape index (κ1) is 14.9. The number of nitrogens with zero attached hydrogens (tertiary/aromatic N) is 1. The topological polar surface area (TPSA) is 109 Å². The van der Waals surface area contributed by atoms with E-state index in [2.05, 4.69) is 5.32 Å². The zero-order chi connectivity index (χ0) is 14.7. The second kappa shape index (κ2) is 5.66. The molecule has 0 aliphatic heterocycles. The van der Waals surface area contributed by atoms with Gasteiger partial charge in [0.05, 0.1) is 6.10 Å². The summed E-state index contributed by atoms with van der Waals surface area (Å²) in [7, 11) is 1.57. The van der Waals surface area contributed by atoms with E-state index in [1.54, 1.807) is 7.05 Å². The molecule has 0 unspecified atom stereocenters. The number of carbonyl (C=O) groups is 3. The number of hydrogen-bond acceptors (Lipinski definition) is 4. The van der Waals surface area contributed by atoms with E-state index in [0.29, 0.717) is 5.56 Å². The highest BCUT2D eigenvalue weighted by Crippen LogP contribution is 2.08. The van der Waals surface area contributed by atoms with Crippen LogP contribution in [0.2, 0.25) is 0 Å². The van der Waals surface area contributed by atoms with Gasteiger partial charge in [0.2, 0.25) is 0 Å². The number of aromatic nitrogens is 1. The maximum Gasteiger partial charge on any atom is 0.328 e. The summed E-state index contributed by atoms with van der Waals surface area (Å²) in [6.45, 7) is 2.64. The Kier molecular flexibility index (Phi) is 4.44. The number of carboxylic acids is 1. The minimum Gasteiger partial charge on any atom is -0.480 e. The number of carbonyl (C=O) groups excluding carboxylic acids is 2. The van der Waals surface area contributed by atoms with E-state index in [9.17, 15) is 19.5 Å². The molecule has 7 heteroatoms. The standard InChI is InChI=1S/C12H16N2O5/c1-6(15)8-4-9(14(3)5-8)11(17)13-10(7(2)16)12(18)19/h4-5,7,10,16H,1-3H3,(H,13,17)(H,18,19)/t7-,10+/m1/s1. The van der Waals surface area contributed by atoms with E-state index in [0.717, 1.165) is 0 Å². The SMILES string of the molecule is CC(=O)c1cc(C(=O)N[C@H](C(=O)O)[C@@H](C)O)n(C)c1. The van der Waals surface area contributed by atoms with Crippen LogP contribution in [0.4, 0.5) is 0 Å². The van der Waals surface area contributed by atoms with Gasteiger partial charge in [-0.2, -0.15) is 0 Å². The van der Waals surface area contributed by atoms with Gasteiger partial charge in [0, 0.05) is 18.8 Å². The van der Waals surface area contributed by atoms with Gasteiger partial charge in [-0.3, -0.25) is 9.59 Å². The predicted octanol–water partition coefficient (Wildman–Crippen LogP) is -0.209. The summed E-state index contributed by atoms with van der Waals surface area (Å²) in [5, 5.41) is 20.4. The van der Waals surface area contributed by atoms with Crippen LogP contribution in [0.15, 0.2) is 12.3 Å². The number of amides is 1. The fraction of sp³-hybridized carbons (Fsp3) is 0.417. The van der Waals surface area contributed by atoms with Crippen molar-refractivity contribution in [2.75, 3.05) is 0 Å². The lowest BCUT2D eigenvalue weighted by Crippen LogP contribution is -2.48. The highest BCUT2D eigenvalue weighted by molar-refractivity contribution is 6.00. The van der Waals surface area contributed by atoms with Crippen LogP contribution in [0.5, 0.6) is 0 Å². The van der Waals surface area contributed by atoms with Crippen molar-refractivity contribution in [2.45, 2.75) is 26.0 Å². The fourth-order valence-corrected chi connectivity index (χ4v) is 1.59. The van der Waals surface area contributed by atoms with Crippen molar-refractivity contribution in [3.8, 4) is 0 Å². The van der Waals surface area contributed by atoms with E-state index < -0.39 is 24.0 Å². The first-order chi connectivity index (χ1) is 8.73. The molecule has 1 aromatic rings. The number of nitrogens with one attached hydrogen (secondary N) is 1. The van der Waals surface area contributed by atoms with Crippen molar-refractivity contribution in [1.29, 1.82) is 0 Å². The summed E-state index contributed by atoms with van der Waals surface area (Å²) in [4.78, 5) is 34.0. The molecule has 2 atom stereocenters. The predicted molar refractivity (Wildman–Crippen MR) is 66.0 cm³/mol. The molecule has 0 spiro atoms. The average Bonchev–Trinajstić information content (AvgIpc) is 2.67. The Hall–Kier alpha value is -2.15. The number of aryl methyl sites for hydroxylation is 1. The normalized spacial score (nSPS) is 13.7. The maximum atomic E-state index is 11.9. The van der Waals surface area contributed by atoms with Crippen LogP contribution >= 0.6 is 0 Å². The van der Waals surface area contributed by atoms with E-state index >= 15 is 0 Å². The molecular weight excluding hydrogens is 252 g/mol. The Morgan fingerprint density at radius 1 is 1.37 bits per heavy atom. The highest BCUT2D eigenvalue weighted by Gasteiger charge is 2.26. The van der Waals surface area contributed by atoms with Gasteiger partial charge >= 0.3 is 5.97 Å². The van der Waals surface area contributed by atoms with Crippen LogP contribution < -0.4 is 5.32 Å². The lowest BCUT2D eigenvalue weighted by Gasteiger charge is -2.17. The number of carboxylic acid groups (broad SMARTS) is 1. The molecule has 0 aromatic carbocycles. The number of hydrogen-bond donors (Lipinski definition) is 3. The molecule has 19 heavy (non-hydrogen) atoms. The van der Waals surface area contributed by atoms with Crippen molar-refractivity contribution >= 4 is 17.7 Å². The highest BCUT2D eigenvalue weighted by atomic mass is 16.4. The Balaban J connectivity index is 2.94. The molecule has 7 nitrogen and oxygen atoms in total. The molecular formula is C12H16N2O5. The zero-order valence-corrected chi connectivity index (χ0v) is 10.9. The van der Waals surface area contributed by atoms with Gasteiger partial charge in [0.1, 0.15) is 5.69 Å². The third-order valence-electron chi connectivity index (χ3n) is 2.68. The second-order valence-electron chi connectivity index (χ2n) is 4.31. The molecule has 3 N–H and O–H groups in total. The summed E-state index contributed by atoms with van der Waals surface area (Å²) in [6, 6.07) is -0.0262. The number of aliphatic hydroxyl groups excluding tert-OH is 1. The van der Waals surface area contributed by atoms with E-state index in [1.165, 1.54) is 30.7 Å². The molecule has 1 aromatic heterocycles. The lowest BCUT2D eigenvalue weighted by atomic mass is 10.1. The van der Waals surface area contributed by atoms with Gasteiger partial charge in [0.15, 0.2) is 11.8 Å². The van der Waals surface area contributed by atoms with Crippen LogP contribution in [0.3, 0.4) is 0 Å². The number of ketones is 1. The number of rotatable bonds is 5. The van der Waals surface area contributed by atoms with Crippen LogP contribution in [0, 0.1) is 0 Å². The smallest absolute Gasteiger partial charge is 0.328 e. The van der Waals surface area contributed by atoms with Crippen LogP contribution in [0.25, 0.3) is 0 Å². The molecule has 0 bridgehead atoms. The molecule has 104 valence electrons. The van der Waals surface area contributed by atoms with Gasteiger partial charge < -0.3 is 20.1 Å². The van der Waals surface area contributed by atoms with Crippen molar-refractivity contribution in [2.24, 2.45) is 7.05 Å². The monoisotopic (exact) mass is 268 g/mol. The minimum absolute atomic E-state index is 0.150. The van der Waals surface area contributed by atoms with Crippen molar-refractivity contribution < 1.29 is 24.6 Å². The Labute approximate surface area is 109 Å². The van der Waals surface area contributed by atoms with Crippen LogP contribution in [-0.4, -0.2) is 44.6 Å². The molecule has 0 saturated heterocycles. The van der Waals surface area contributed by atoms with Crippen molar-refractivity contribution in [3.63, 3.8) is 0 Å². The van der Waals surface area contributed by atoms with Crippen molar-refractivity contribution in [3.05, 3.63) is 23.5 Å². The van der Waals surface area contributed by atoms with Gasteiger partial charge in [-0.15, -0.1) is 0 Å². The second-order valence-corrected chi connectivity index (χ2v) is 4.31. The third-order valence-corrected chi connectivity index (χ3v) is 2.68. The molecule has 0 fully saturated rings. The molecule has 0 aliphatic carbocycles. The van der Waals surface area contributed by atoms with Gasteiger partial charge in [-0.05, 0) is 19.9 Å². The Bertz CT molecular complexity index is 518. The summed E-state index contributed by atoms with van der Waals surface area (Å²) < 4.78 is 1.42. The van der Waals surface area contributed by atoms with E-state index in [4.69, 9.17) is 5.11 Å². The third kappa shape index (κ3) is 3.41. The van der Waals surface area contributed by atoms with Crippen molar-refractivity contribution in [1.82, 2.24) is 9.88 Å². The number of aliphatic carboxylic acids is 1. The molecule has 0 saturated carbocycles. The zero-order valence-electron chi connectivity index (χ0n) is 10.9. The summed E-state index contributed by atoms with van der Waals surface area (Å²) in [5.74, 6) is -2.19. The first-order valence-corrected chi connectivity index (χ1v) is 5.63. The fourth-order valence-electron chi connectivity index (χ4n) is 1.59. The summed E-state index contributed by atoms with van der Waals surface area (Å²) in [6.07, 6.45) is 0.254. The first-order valence-electron chi connectivity index (χ1n) is 5.63. The quantitative estimate of drug-likeness (QED) is 0.640. The molecule has 1 amide bonds. The molecule has 1 rings (SSSR count).